The maximum absolute atomic E-state index is 13.9. The van der Waals surface area contributed by atoms with E-state index in [0.29, 0.717) is 5.56 Å². The summed E-state index contributed by atoms with van der Waals surface area (Å²) in [5, 5.41) is 0. The number of benzene rings is 2. The second-order valence-electron chi connectivity index (χ2n) is 4.01. The van der Waals surface area contributed by atoms with Crippen LogP contribution in [-0.4, -0.2) is 5.97 Å². The fourth-order valence-corrected chi connectivity index (χ4v) is 3.07. The summed E-state index contributed by atoms with van der Waals surface area (Å²) in [6.45, 7) is 0. The highest BCUT2D eigenvalue weighted by Crippen LogP contribution is 2.33. The Hall–Kier alpha value is -1.28. The van der Waals surface area contributed by atoms with E-state index in [1.165, 1.54) is 69.4 Å². The second kappa shape index (κ2) is 6.87. The zero-order chi connectivity index (χ0) is 16.4. The monoisotopic (exact) mass is 528 g/mol. The van der Waals surface area contributed by atoms with Crippen LogP contribution in [0.1, 0.15) is 15.9 Å². The number of esters is 1. The number of ether oxygens (including phenoxy) is 1. The van der Waals surface area contributed by atoms with E-state index in [2.05, 4.69) is 5.92 Å². The molecule has 0 aliphatic heterocycles. The molecular weight excluding hydrogens is 523 g/mol. The van der Waals surface area contributed by atoms with Gasteiger partial charge in [0.2, 0.25) is 5.75 Å². The normalized spacial score (nSPS) is 10.2. The Labute approximate surface area is 151 Å². The molecule has 2 nitrogen and oxygen atoms in total. The summed E-state index contributed by atoms with van der Waals surface area (Å²) < 4.78 is 45.2. The van der Waals surface area contributed by atoms with Gasteiger partial charge in [-0.25, -0.2) is 18.0 Å². The van der Waals surface area contributed by atoms with Gasteiger partial charge in [-0.15, -0.1) is 6.42 Å². The predicted molar refractivity (Wildman–Crippen MR) is 91.1 cm³/mol. The van der Waals surface area contributed by atoms with Crippen LogP contribution in [-0.2, 0) is 0 Å². The van der Waals surface area contributed by atoms with Crippen LogP contribution in [0.15, 0.2) is 24.3 Å². The van der Waals surface area contributed by atoms with E-state index in [0.717, 1.165) is 0 Å². The molecule has 0 radical (unpaired) electrons. The van der Waals surface area contributed by atoms with Gasteiger partial charge in [0.25, 0.3) is 0 Å². The predicted octanol–water partition coefficient (Wildman–Crippen LogP) is 4.51. The van der Waals surface area contributed by atoms with Crippen LogP contribution in [0, 0.1) is 36.9 Å². The van der Waals surface area contributed by atoms with Crippen LogP contribution in [0.4, 0.5) is 13.2 Å². The first-order chi connectivity index (χ1) is 10.4. The molecule has 2 aromatic carbocycles. The molecule has 112 valence electrons. The molecule has 0 aromatic heterocycles. The van der Waals surface area contributed by atoms with Gasteiger partial charge in [0, 0.05) is 5.56 Å². The molecule has 7 heteroatoms. The maximum atomic E-state index is 13.9. The van der Waals surface area contributed by atoms with Gasteiger partial charge in [-0.1, -0.05) is 5.92 Å². The van der Waals surface area contributed by atoms with Crippen LogP contribution in [0.3, 0.4) is 0 Å². The van der Waals surface area contributed by atoms with Crippen LogP contribution >= 0.6 is 45.2 Å². The molecule has 0 spiro atoms. The number of terminal acetylenes is 1. The lowest BCUT2D eigenvalue weighted by Crippen LogP contribution is -2.13. The maximum Gasteiger partial charge on any atom is 0.343 e. The lowest BCUT2D eigenvalue weighted by atomic mass is 10.1. The van der Waals surface area contributed by atoms with Gasteiger partial charge in [-0.05, 0) is 69.4 Å². The summed E-state index contributed by atoms with van der Waals surface area (Å²) in [6.07, 6.45) is 5.18. The lowest BCUT2D eigenvalue weighted by Gasteiger charge is -2.10. The van der Waals surface area contributed by atoms with E-state index in [4.69, 9.17) is 11.2 Å². The van der Waals surface area contributed by atoms with Crippen LogP contribution < -0.4 is 4.74 Å². The van der Waals surface area contributed by atoms with Crippen molar-refractivity contribution in [1.82, 2.24) is 0 Å². The van der Waals surface area contributed by atoms with Crippen molar-refractivity contribution in [3.05, 3.63) is 60.0 Å². The number of rotatable bonds is 2. The zero-order valence-electron chi connectivity index (χ0n) is 10.6. The Kier molecular flexibility index (Phi) is 5.33. The SMILES string of the molecule is C#Cc1ccc(C(=O)Oc2c(F)c(I)c(F)c(I)c2F)cc1. The highest BCUT2D eigenvalue weighted by Gasteiger charge is 2.25. The Morgan fingerprint density at radius 2 is 1.50 bits per heavy atom. The van der Waals surface area contributed by atoms with E-state index in [-0.39, 0.29) is 5.56 Å². The quantitative estimate of drug-likeness (QED) is 0.143. The van der Waals surface area contributed by atoms with Gasteiger partial charge in [0.15, 0.2) is 17.5 Å². The highest BCUT2D eigenvalue weighted by molar-refractivity contribution is 14.1. The molecule has 0 saturated heterocycles. The molecule has 0 heterocycles. The average Bonchev–Trinajstić information content (AvgIpc) is 2.55. The molecule has 0 atom stereocenters. The van der Waals surface area contributed by atoms with E-state index in [1.807, 2.05) is 0 Å². The summed E-state index contributed by atoms with van der Waals surface area (Å²) in [5.41, 5.74) is 0.604. The Balaban J connectivity index is 2.38. The number of halogens is 5. The first kappa shape index (κ1) is 17.1. The Morgan fingerprint density at radius 3 is 1.95 bits per heavy atom. The van der Waals surface area contributed by atoms with Crippen molar-refractivity contribution >= 4 is 51.2 Å². The largest absolute Gasteiger partial charge is 0.417 e. The van der Waals surface area contributed by atoms with Gasteiger partial charge in [0.1, 0.15) is 0 Å². The smallest absolute Gasteiger partial charge is 0.343 e. The molecule has 0 amide bonds. The molecule has 22 heavy (non-hydrogen) atoms. The number of hydrogen-bond donors (Lipinski definition) is 0. The standard InChI is InChI=1S/C15H5F3I2O2/c1-2-7-3-5-8(6-4-7)15(21)22-14-10(17)12(19)9(16)13(20)11(14)18/h1,3-6H. The molecule has 0 aliphatic rings. The average molecular weight is 528 g/mol. The molecule has 0 saturated carbocycles. The molecule has 0 fully saturated rings. The van der Waals surface area contributed by atoms with Crippen molar-refractivity contribution in [2.45, 2.75) is 0 Å². The second-order valence-corrected chi connectivity index (χ2v) is 6.17. The van der Waals surface area contributed by atoms with Gasteiger partial charge < -0.3 is 4.74 Å². The van der Waals surface area contributed by atoms with Gasteiger partial charge >= 0.3 is 5.97 Å². The third-order valence-electron chi connectivity index (χ3n) is 2.65. The summed E-state index contributed by atoms with van der Waals surface area (Å²) in [7, 11) is 0. The first-order valence-electron chi connectivity index (χ1n) is 5.67. The molecule has 0 bridgehead atoms. The molecule has 2 rings (SSSR count). The van der Waals surface area contributed by atoms with Crippen molar-refractivity contribution in [2.75, 3.05) is 0 Å². The lowest BCUT2D eigenvalue weighted by molar-refractivity contribution is 0.0719. The van der Waals surface area contributed by atoms with E-state index < -0.39 is 36.3 Å². The third-order valence-corrected chi connectivity index (χ3v) is 4.55. The van der Waals surface area contributed by atoms with Crippen LogP contribution in [0.25, 0.3) is 0 Å². The minimum atomic E-state index is -1.26. The van der Waals surface area contributed by atoms with Crippen molar-refractivity contribution in [1.29, 1.82) is 0 Å². The summed E-state index contributed by atoms with van der Waals surface area (Å²) in [4.78, 5) is 11.9. The minimum Gasteiger partial charge on any atom is -0.417 e. The summed E-state index contributed by atoms with van der Waals surface area (Å²) in [5.74, 6) is -3.09. The Bertz CT molecular complexity index is 767. The van der Waals surface area contributed by atoms with Crippen molar-refractivity contribution in [3.8, 4) is 18.1 Å². The molecule has 0 aliphatic carbocycles. The minimum absolute atomic E-state index is 0.0622. The molecule has 2 aromatic rings. The zero-order valence-corrected chi connectivity index (χ0v) is 14.9. The topological polar surface area (TPSA) is 26.3 Å². The van der Waals surface area contributed by atoms with Crippen molar-refractivity contribution in [2.24, 2.45) is 0 Å². The first-order valence-corrected chi connectivity index (χ1v) is 7.82. The van der Waals surface area contributed by atoms with Gasteiger partial charge in [-0.2, -0.15) is 0 Å². The summed E-state index contributed by atoms with van der Waals surface area (Å²) in [6, 6.07) is 5.71. The van der Waals surface area contributed by atoms with Crippen molar-refractivity contribution < 1.29 is 22.7 Å². The Morgan fingerprint density at radius 1 is 1.00 bits per heavy atom. The van der Waals surface area contributed by atoms with E-state index >= 15 is 0 Å². The van der Waals surface area contributed by atoms with Gasteiger partial charge in [-0.3, -0.25) is 0 Å². The fourth-order valence-electron chi connectivity index (χ4n) is 1.53. The number of carbonyl (C=O) groups excluding carboxylic acids is 1. The number of hydrogen-bond acceptors (Lipinski definition) is 2. The van der Waals surface area contributed by atoms with E-state index in [9.17, 15) is 18.0 Å². The van der Waals surface area contributed by atoms with Crippen molar-refractivity contribution in [3.63, 3.8) is 0 Å². The third kappa shape index (κ3) is 3.22. The highest BCUT2D eigenvalue weighted by atomic mass is 127. The summed E-state index contributed by atoms with van der Waals surface area (Å²) >= 11 is 2.75. The van der Waals surface area contributed by atoms with Crippen LogP contribution in [0.5, 0.6) is 5.75 Å². The van der Waals surface area contributed by atoms with E-state index in [1.54, 1.807) is 0 Å². The molecular formula is C15H5F3I2O2. The van der Waals surface area contributed by atoms with Crippen LogP contribution in [0.2, 0.25) is 0 Å². The van der Waals surface area contributed by atoms with Gasteiger partial charge in [0.05, 0.1) is 12.7 Å². The molecule has 0 N–H and O–H groups in total. The molecule has 0 unspecified atom stereocenters. The fraction of sp³-hybridized carbons (Fsp3) is 0. The number of carbonyl (C=O) groups is 1.